The van der Waals surface area contributed by atoms with Crippen LogP contribution in [0.2, 0.25) is 0 Å². The van der Waals surface area contributed by atoms with E-state index in [0.717, 1.165) is 16.9 Å². The van der Waals surface area contributed by atoms with Crippen LogP contribution in [0.15, 0.2) is 5.38 Å². The summed E-state index contributed by atoms with van der Waals surface area (Å²) < 4.78 is 5.18. The minimum Gasteiger partial charge on any atom is -0.477 e. The minimum atomic E-state index is -1.06. The molecule has 5 nitrogen and oxygen atoms in total. The molecule has 0 atom stereocenters. The Labute approximate surface area is 123 Å². The van der Waals surface area contributed by atoms with Crippen LogP contribution in [-0.4, -0.2) is 22.8 Å². The Morgan fingerprint density at radius 3 is 2.15 bits per heavy atom. The lowest BCUT2D eigenvalue weighted by atomic mass is 9.88. The normalized spacial score (nSPS) is 12.1. The number of rotatable bonds is 2. The lowest BCUT2D eigenvalue weighted by molar-refractivity contribution is 0.0636. The number of hydrogen-bond acceptors (Lipinski definition) is 4. The molecule has 0 unspecified atom stereocenters. The second-order valence-electron chi connectivity index (χ2n) is 6.54. The molecule has 1 amide bonds. The van der Waals surface area contributed by atoms with E-state index >= 15 is 0 Å². The minimum absolute atomic E-state index is 0.112. The smallest absolute Gasteiger partial charge is 0.412 e. The molecule has 0 aliphatic rings. The number of anilines is 1. The topological polar surface area (TPSA) is 75.6 Å². The third kappa shape index (κ3) is 4.23. The molecule has 0 bridgehead atoms. The van der Waals surface area contributed by atoms with Gasteiger partial charge in [-0.1, -0.05) is 20.8 Å². The zero-order valence-electron chi connectivity index (χ0n) is 12.7. The lowest BCUT2D eigenvalue weighted by Crippen LogP contribution is -2.28. The van der Waals surface area contributed by atoms with E-state index < -0.39 is 17.7 Å². The highest BCUT2D eigenvalue weighted by molar-refractivity contribution is 7.12. The van der Waals surface area contributed by atoms with Gasteiger partial charge in [-0.25, -0.2) is 9.59 Å². The van der Waals surface area contributed by atoms with Crippen LogP contribution in [0.25, 0.3) is 0 Å². The highest BCUT2D eigenvalue weighted by Gasteiger charge is 2.27. The van der Waals surface area contributed by atoms with Gasteiger partial charge in [0.05, 0.1) is 5.69 Å². The van der Waals surface area contributed by atoms with E-state index in [1.807, 2.05) is 20.8 Å². The molecule has 1 rings (SSSR count). The van der Waals surface area contributed by atoms with Crippen molar-refractivity contribution in [2.75, 3.05) is 5.32 Å². The number of carboxylic acid groups (broad SMARTS) is 1. The summed E-state index contributed by atoms with van der Waals surface area (Å²) in [4.78, 5) is 23.2. The first-order chi connectivity index (χ1) is 8.92. The van der Waals surface area contributed by atoms with Crippen molar-refractivity contribution >= 4 is 29.1 Å². The summed E-state index contributed by atoms with van der Waals surface area (Å²) in [5.74, 6) is -1.06. The summed E-state index contributed by atoms with van der Waals surface area (Å²) >= 11 is 1.10. The third-order valence-corrected chi connectivity index (χ3v) is 3.39. The quantitative estimate of drug-likeness (QED) is 0.862. The van der Waals surface area contributed by atoms with Crippen molar-refractivity contribution in [1.29, 1.82) is 0 Å². The molecule has 0 fully saturated rings. The van der Waals surface area contributed by atoms with Gasteiger partial charge in [0.2, 0.25) is 0 Å². The molecule has 6 heteroatoms. The van der Waals surface area contributed by atoms with Crippen LogP contribution in [0.4, 0.5) is 10.5 Å². The average Bonchev–Trinajstić information content (AvgIpc) is 2.56. The lowest BCUT2D eigenvalue weighted by Gasteiger charge is -2.23. The van der Waals surface area contributed by atoms with Crippen LogP contribution in [0.5, 0.6) is 0 Å². The summed E-state index contributed by atoms with van der Waals surface area (Å²) in [6.45, 7) is 11.1. The van der Waals surface area contributed by atoms with E-state index in [-0.39, 0.29) is 10.3 Å². The van der Waals surface area contributed by atoms with Crippen molar-refractivity contribution in [2.45, 2.75) is 52.6 Å². The number of ether oxygens (including phenoxy) is 1. The first kappa shape index (κ1) is 16.5. The molecule has 20 heavy (non-hydrogen) atoms. The van der Waals surface area contributed by atoms with Crippen molar-refractivity contribution in [3.8, 4) is 0 Å². The highest BCUT2D eigenvalue weighted by Crippen LogP contribution is 2.37. The number of nitrogens with one attached hydrogen (secondary N) is 1. The monoisotopic (exact) mass is 299 g/mol. The van der Waals surface area contributed by atoms with E-state index in [2.05, 4.69) is 5.32 Å². The fourth-order valence-electron chi connectivity index (χ4n) is 1.60. The van der Waals surface area contributed by atoms with Gasteiger partial charge in [0.1, 0.15) is 10.5 Å². The van der Waals surface area contributed by atoms with Gasteiger partial charge in [0, 0.05) is 0 Å². The average molecular weight is 299 g/mol. The Balaban J connectivity index is 3.12. The highest BCUT2D eigenvalue weighted by atomic mass is 32.1. The van der Waals surface area contributed by atoms with E-state index in [4.69, 9.17) is 4.74 Å². The molecule has 0 aliphatic carbocycles. The predicted octanol–water partition coefficient (Wildman–Crippen LogP) is 4.09. The number of carbonyl (C=O) groups excluding carboxylic acids is 1. The molecular formula is C14H21NO4S. The van der Waals surface area contributed by atoms with Gasteiger partial charge in [-0.3, -0.25) is 5.32 Å². The van der Waals surface area contributed by atoms with Gasteiger partial charge in [0.25, 0.3) is 0 Å². The second kappa shape index (κ2) is 5.44. The molecule has 2 N–H and O–H groups in total. The van der Waals surface area contributed by atoms with E-state index in [1.54, 1.807) is 26.2 Å². The molecular weight excluding hydrogens is 278 g/mol. The maximum Gasteiger partial charge on any atom is 0.412 e. The second-order valence-corrected chi connectivity index (χ2v) is 7.42. The largest absolute Gasteiger partial charge is 0.477 e. The number of carbonyl (C=O) groups is 2. The van der Waals surface area contributed by atoms with Crippen molar-refractivity contribution in [3.05, 3.63) is 15.8 Å². The molecule has 0 aromatic carbocycles. The zero-order chi connectivity index (χ0) is 15.7. The molecule has 0 spiro atoms. The van der Waals surface area contributed by atoms with Crippen LogP contribution < -0.4 is 5.32 Å². The molecule has 0 saturated heterocycles. The molecule has 1 heterocycles. The number of aromatic carboxylic acids is 1. The van der Waals surface area contributed by atoms with Crippen LogP contribution >= 0.6 is 11.3 Å². The fraction of sp³-hybridized carbons (Fsp3) is 0.571. The Morgan fingerprint density at radius 1 is 1.20 bits per heavy atom. The standard InChI is InChI=1S/C14H21NO4S/c1-13(2,3)8-7-20-10(11(16)17)9(8)15-12(18)19-14(4,5)6/h7H,1-6H3,(H,15,18)(H,16,17). The molecule has 1 aromatic heterocycles. The van der Waals surface area contributed by atoms with Crippen LogP contribution in [0, 0.1) is 0 Å². The summed E-state index contributed by atoms with van der Waals surface area (Å²) in [6.07, 6.45) is -0.649. The van der Waals surface area contributed by atoms with Gasteiger partial charge < -0.3 is 9.84 Å². The summed E-state index contributed by atoms with van der Waals surface area (Å²) in [7, 11) is 0. The van der Waals surface area contributed by atoms with Gasteiger partial charge in [-0.15, -0.1) is 11.3 Å². The molecule has 0 saturated carbocycles. The zero-order valence-corrected chi connectivity index (χ0v) is 13.5. The van der Waals surface area contributed by atoms with E-state index in [1.165, 1.54) is 0 Å². The van der Waals surface area contributed by atoms with Gasteiger partial charge in [-0.2, -0.15) is 0 Å². The van der Waals surface area contributed by atoms with E-state index in [0.29, 0.717) is 5.69 Å². The van der Waals surface area contributed by atoms with Gasteiger partial charge in [-0.05, 0) is 37.1 Å². The van der Waals surface area contributed by atoms with Gasteiger partial charge in [0.15, 0.2) is 0 Å². The molecule has 0 radical (unpaired) electrons. The van der Waals surface area contributed by atoms with Crippen molar-refractivity contribution < 1.29 is 19.4 Å². The van der Waals surface area contributed by atoms with Crippen molar-refractivity contribution in [1.82, 2.24) is 0 Å². The maximum absolute atomic E-state index is 11.9. The SMILES string of the molecule is CC(C)(C)OC(=O)Nc1c(C(C)(C)C)csc1C(=O)O. The first-order valence-corrected chi connectivity index (χ1v) is 7.15. The Bertz CT molecular complexity index is 520. The third-order valence-electron chi connectivity index (χ3n) is 2.42. The molecule has 1 aromatic rings. The Kier molecular flexibility index (Phi) is 4.49. The van der Waals surface area contributed by atoms with Crippen LogP contribution in [0.1, 0.15) is 56.8 Å². The number of hydrogen-bond donors (Lipinski definition) is 2. The summed E-state index contributed by atoms with van der Waals surface area (Å²) in [6, 6.07) is 0. The number of amides is 1. The fourth-order valence-corrected chi connectivity index (χ4v) is 2.68. The van der Waals surface area contributed by atoms with Crippen LogP contribution in [0.3, 0.4) is 0 Å². The molecule has 112 valence electrons. The van der Waals surface area contributed by atoms with Crippen molar-refractivity contribution in [2.24, 2.45) is 0 Å². The summed E-state index contributed by atoms with van der Waals surface area (Å²) in [5, 5.41) is 13.5. The Hall–Kier alpha value is -1.56. The number of thiophene rings is 1. The number of carboxylic acids is 1. The Morgan fingerprint density at radius 2 is 1.75 bits per heavy atom. The van der Waals surface area contributed by atoms with Crippen molar-refractivity contribution in [3.63, 3.8) is 0 Å². The maximum atomic E-state index is 11.9. The molecule has 0 aliphatic heterocycles. The first-order valence-electron chi connectivity index (χ1n) is 6.27. The summed E-state index contributed by atoms with van der Waals surface area (Å²) in [5.41, 5.74) is 0.204. The predicted molar refractivity (Wildman–Crippen MR) is 79.8 cm³/mol. The van der Waals surface area contributed by atoms with Crippen LogP contribution in [-0.2, 0) is 10.2 Å². The van der Waals surface area contributed by atoms with E-state index in [9.17, 15) is 14.7 Å². The van der Waals surface area contributed by atoms with Gasteiger partial charge >= 0.3 is 12.1 Å².